The summed E-state index contributed by atoms with van der Waals surface area (Å²) in [5.41, 5.74) is 1.99. The molecular formula is C29H34FN3O4S. The molecule has 7 nitrogen and oxygen atoms in total. The number of anilines is 1. The Balaban J connectivity index is 2.04. The number of nitrogens with zero attached hydrogens (tertiary/aromatic N) is 2. The van der Waals surface area contributed by atoms with Gasteiger partial charge in [0.15, 0.2) is 0 Å². The predicted octanol–water partition coefficient (Wildman–Crippen LogP) is 4.66. The number of aryl methyl sites for hydroxylation is 1. The molecule has 0 heterocycles. The predicted molar refractivity (Wildman–Crippen MR) is 146 cm³/mol. The van der Waals surface area contributed by atoms with Crippen LogP contribution in [0.5, 0.6) is 0 Å². The minimum absolute atomic E-state index is 0.00759. The normalized spacial score (nSPS) is 12.2. The molecule has 0 aliphatic heterocycles. The van der Waals surface area contributed by atoms with Crippen molar-refractivity contribution in [3.63, 3.8) is 0 Å². The molecule has 0 aliphatic rings. The van der Waals surface area contributed by atoms with Crippen LogP contribution < -0.4 is 9.62 Å². The molecule has 0 aliphatic carbocycles. The van der Waals surface area contributed by atoms with Gasteiger partial charge < -0.3 is 10.2 Å². The highest BCUT2D eigenvalue weighted by atomic mass is 32.2. The van der Waals surface area contributed by atoms with E-state index >= 15 is 0 Å². The number of nitrogens with one attached hydrogen (secondary N) is 1. The van der Waals surface area contributed by atoms with Crippen LogP contribution in [0.1, 0.15) is 38.3 Å². The molecule has 0 radical (unpaired) electrons. The highest BCUT2D eigenvalue weighted by molar-refractivity contribution is 7.92. The molecule has 2 amide bonds. The zero-order valence-electron chi connectivity index (χ0n) is 22.1. The topological polar surface area (TPSA) is 86.8 Å². The molecule has 202 valence electrons. The van der Waals surface area contributed by atoms with Crippen LogP contribution in [0.3, 0.4) is 0 Å². The van der Waals surface area contributed by atoms with Crippen LogP contribution in [0.4, 0.5) is 10.1 Å². The van der Waals surface area contributed by atoms with E-state index in [1.807, 2.05) is 45.0 Å². The number of hydrogen-bond donors (Lipinski definition) is 1. The molecule has 3 aromatic rings. The maximum absolute atomic E-state index is 13.9. The van der Waals surface area contributed by atoms with Crippen LogP contribution in [0, 0.1) is 12.7 Å². The smallest absolute Gasteiger partial charge is 0.264 e. The molecule has 0 saturated heterocycles. The SMILES string of the molecule is CC[C@@H](C(=O)NC(C)C)N(Cc1ccc(C)cc1)C(=O)CN(c1ccc(F)cc1)S(=O)(=O)c1ccccc1. The summed E-state index contributed by atoms with van der Waals surface area (Å²) < 4.78 is 42.0. The van der Waals surface area contributed by atoms with Crippen molar-refractivity contribution in [2.75, 3.05) is 10.8 Å². The molecule has 3 rings (SSSR count). The summed E-state index contributed by atoms with van der Waals surface area (Å²) in [7, 11) is -4.18. The zero-order chi connectivity index (χ0) is 27.9. The Hall–Kier alpha value is -3.72. The van der Waals surface area contributed by atoms with E-state index in [1.54, 1.807) is 25.1 Å². The lowest BCUT2D eigenvalue weighted by Gasteiger charge is -2.33. The fraction of sp³-hybridized carbons (Fsp3) is 0.310. The summed E-state index contributed by atoms with van der Waals surface area (Å²) in [6, 6.07) is 19.3. The van der Waals surface area contributed by atoms with Gasteiger partial charge in [0.1, 0.15) is 18.4 Å². The Kier molecular flexibility index (Phi) is 9.63. The van der Waals surface area contributed by atoms with E-state index in [4.69, 9.17) is 0 Å². The molecule has 0 fully saturated rings. The van der Waals surface area contributed by atoms with Gasteiger partial charge in [-0.1, -0.05) is 55.0 Å². The molecule has 9 heteroatoms. The van der Waals surface area contributed by atoms with Gasteiger partial charge in [0.25, 0.3) is 10.0 Å². The second-order valence-electron chi connectivity index (χ2n) is 9.40. The first-order chi connectivity index (χ1) is 18.0. The summed E-state index contributed by atoms with van der Waals surface area (Å²) >= 11 is 0. The number of benzene rings is 3. The van der Waals surface area contributed by atoms with Crippen molar-refractivity contribution in [3.05, 3.63) is 95.8 Å². The maximum Gasteiger partial charge on any atom is 0.264 e. The van der Waals surface area contributed by atoms with Crippen LogP contribution in [-0.4, -0.2) is 43.8 Å². The minimum atomic E-state index is -4.18. The number of hydrogen-bond acceptors (Lipinski definition) is 4. The van der Waals surface area contributed by atoms with Gasteiger partial charge in [0.05, 0.1) is 10.6 Å². The van der Waals surface area contributed by atoms with Crippen molar-refractivity contribution in [2.24, 2.45) is 0 Å². The molecular weight excluding hydrogens is 505 g/mol. The monoisotopic (exact) mass is 539 g/mol. The van der Waals surface area contributed by atoms with Crippen molar-refractivity contribution in [1.29, 1.82) is 0 Å². The second kappa shape index (κ2) is 12.7. The first-order valence-electron chi connectivity index (χ1n) is 12.5. The molecule has 0 aromatic heterocycles. The lowest BCUT2D eigenvalue weighted by molar-refractivity contribution is -0.140. The Morgan fingerprint density at radius 1 is 0.921 bits per heavy atom. The molecule has 0 unspecified atom stereocenters. The van der Waals surface area contributed by atoms with Gasteiger partial charge in [-0.25, -0.2) is 12.8 Å². The molecule has 38 heavy (non-hydrogen) atoms. The minimum Gasteiger partial charge on any atom is -0.352 e. The third-order valence-corrected chi connectivity index (χ3v) is 7.80. The quantitative estimate of drug-likeness (QED) is 0.384. The van der Waals surface area contributed by atoms with Gasteiger partial charge >= 0.3 is 0 Å². The number of carbonyl (C=O) groups is 2. The molecule has 0 bridgehead atoms. The van der Waals surface area contributed by atoms with E-state index < -0.39 is 34.3 Å². The summed E-state index contributed by atoms with van der Waals surface area (Å²) in [6.45, 7) is 6.97. The van der Waals surface area contributed by atoms with Crippen LogP contribution in [0.2, 0.25) is 0 Å². The van der Waals surface area contributed by atoms with Gasteiger partial charge in [0.2, 0.25) is 11.8 Å². The van der Waals surface area contributed by atoms with E-state index in [-0.39, 0.29) is 29.1 Å². The molecule has 0 spiro atoms. The van der Waals surface area contributed by atoms with Crippen LogP contribution in [-0.2, 0) is 26.2 Å². The highest BCUT2D eigenvalue weighted by Gasteiger charge is 2.33. The van der Waals surface area contributed by atoms with Crippen molar-refractivity contribution in [1.82, 2.24) is 10.2 Å². The van der Waals surface area contributed by atoms with Crippen LogP contribution in [0.15, 0.2) is 83.8 Å². The van der Waals surface area contributed by atoms with Crippen molar-refractivity contribution < 1.29 is 22.4 Å². The highest BCUT2D eigenvalue weighted by Crippen LogP contribution is 2.25. The average Bonchev–Trinajstić information content (AvgIpc) is 2.89. The van der Waals surface area contributed by atoms with Gasteiger partial charge in [0, 0.05) is 12.6 Å². The first kappa shape index (κ1) is 28.8. The number of sulfonamides is 1. The fourth-order valence-electron chi connectivity index (χ4n) is 4.05. The summed E-state index contributed by atoms with van der Waals surface area (Å²) in [5, 5.41) is 2.86. The third kappa shape index (κ3) is 7.19. The number of rotatable bonds is 11. The van der Waals surface area contributed by atoms with Crippen molar-refractivity contribution in [2.45, 2.75) is 57.6 Å². The van der Waals surface area contributed by atoms with Crippen LogP contribution in [0.25, 0.3) is 0 Å². The van der Waals surface area contributed by atoms with Crippen molar-refractivity contribution in [3.8, 4) is 0 Å². The standard InChI is InChI=1S/C29H34FN3O4S/c1-5-27(29(35)31-21(2)3)32(19-23-13-11-22(4)12-14-23)28(34)20-33(25-17-15-24(30)16-18-25)38(36,37)26-9-7-6-8-10-26/h6-18,21,27H,5,19-20H2,1-4H3,(H,31,35)/t27-/m0/s1. The Morgan fingerprint density at radius 2 is 1.53 bits per heavy atom. The third-order valence-electron chi connectivity index (χ3n) is 6.02. The number of amides is 2. The van der Waals surface area contributed by atoms with E-state index in [0.29, 0.717) is 6.42 Å². The first-order valence-corrected chi connectivity index (χ1v) is 14.0. The molecule has 3 aromatic carbocycles. The van der Waals surface area contributed by atoms with Crippen molar-refractivity contribution >= 4 is 27.5 Å². The number of carbonyl (C=O) groups excluding carboxylic acids is 2. The molecule has 1 atom stereocenters. The Morgan fingerprint density at radius 3 is 2.08 bits per heavy atom. The van der Waals surface area contributed by atoms with E-state index in [9.17, 15) is 22.4 Å². The molecule has 0 saturated carbocycles. The van der Waals surface area contributed by atoms with Gasteiger partial charge in [-0.05, 0) is 69.2 Å². The average molecular weight is 540 g/mol. The summed E-state index contributed by atoms with van der Waals surface area (Å²) in [5.74, 6) is -1.41. The summed E-state index contributed by atoms with van der Waals surface area (Å²) in [6.07, 6.45) is 0.331. The van der Waals surface area contributed by atoms with E-state index in [1.165, 1.54) is 29.2 Å². The van der Waals surface area contributed by atoms with Gasteiger partial charge in [-0.2, -0.15) is 0 Å². The largest absolute Gasteiger partial charge is 0.352 e. The number of halogens is 1. The van der Waals surface area contributed by atoms with E-state index in [2.05, 4.69) is 5.32 Å². The summed E-state index contributed by atoms with van der Waals surface area (Å²) in [4.78, 5) is 28.4. The zero-order valence-corrected chi connectivity index (χ0v) is 22.9. The fourth-order valence-corrected chi connectivity index (χ4v) is 5.48. The molecule has 1 N–H and O–H groups in total. The lowest BCUT2D eigenvalue weighted by Crippen LogP contribution is -2.53. The maximum atomic E-state index is 13.9. The Bertz CT molecular complexity index is 1330. The lowest BCUT2D eigenvalue weighted by atomic mass is 10.1. The van der Waals surface area contributed by atoms with Gasteiger partial charge in [-0.15, -0.1) is 0 Å². The van der Waals surface area contributed by atoms with E-state index in [0.717, 1.165) is 27.6 Å². The van der Waals surface area contributed by atoms with Gasteiger partial charge in [-0.3, -0.25) is 13.9 Å². The second-order valence-corrected chi connectivity index (χ2v) is 11.3. The van der Waals surface area contributed by atoms with Crippen LogP contribution >= 0.6 is 0 Å². The Labute approximate surface area is 224 Å².